The molecular weight excluding hydrogens is 267 g/mol. The van der Waals surface area contributed by atoms with Gasteiger partial charge < -0.3 is 4.57 Å². The van der Waals surface area contributed by atoms with E-state index in [1.165, 1.54) is 6.07 Å². The van der Waals surface area contributed by atoms with Gasteiger partial charge in [0.2, 0.25) is 0 Å². The van der Waals surface area contributed by atoms with Gasteiger partial charge in [0.05, 0.1) is 11.1 Å². The average Bonchev–Trinajstić information content (AvgIpc) is 2.92. The van der Waals surface area contributed by atoms with Crippen molar-refractivity contribution in [3.05, 3.63) is 47.3 Å². The molecular formula is C14H12F3N3. The molecule has 3 rings (SSSR count). The smallest absolute Gasteiger partial charge is 0.301 e. The summed E-state index contributed by atoms with van der Waals surface area (Å²) < 4.78 is 40.3. The zero-order chi connectivity index (χ0) is 14.5. The summed E-state index contributed by atoms with van der Waals surface area (Å²) in [6.07, 6.45) is -4.36. The second kappa shape index (κ2) is 4.13. The molecule has 0 amide bonds. The van der Waals surface area contributed by atoms with Gasteiger partial charge in [-0.05, 0) is 44.2 Å². The highest BCUT2D eigenvalue weighted by Gasteiger charge is 2.31. The number of H-pyrrole nitrogens is 1. The number of aromatic amines is 1. The zero-order valence-electron chi connectivity index (χ0n) is 10.9. The standard InChI is InChI=1S/C14H12F3N3/c1-8-3-4-9(2)20(8)13-11-7-10(14(15,16)17)5-6-12(11)18-19-13/h3-7H,1-2H3,(H,18,19). The van der Waals surface area contributed by atoms with Crippen LogP contribution >= 0.6 is 0 Å². The fourth-order valence-electron chi connectivity index (χ4n) is 2.35. The predicted molar refractivity (Wildman–Crippen MR) is 69.9 cm³/mol. The number of benzene rings is 1. The minimum atomic E-state index is -4.36. The molecule has 3 nitrogen and oxygen atoms in total. The van der Waals surface area contributed by atoms with Crippen LogP contribution in [0, 0.1) is 13.8 Å². The molecule has 0 saturated heterocycles. The fraction of sp³-hybridized carbons (Fsp3) is 0.214. The number of aromatic nitrogens is 3. The number of halogens is 3. The normalized spacial score (nSPS) is 12.2. The van der Waals surface area contributed by atoms with Crippen LogP contribution in [0.2, 0.25) is 0 Å². The first-order valence-corrected chi connectivity index (χ1v) is 6.08. The van der Waals surface area contributed by atoms with Crippen molar-refractivity contribution in [3.8, 4) is 5.82 Å². The largest absolute Gasteiger partial charge is 0.416 e. The van der Waals surface area contributed by atoms with E-state index < -0.39 is 11.7 Å². The first kappa shape index (κ1) is 12.8. The number of nitrogens with zero attached hydrogens (tertiary/aromatic N) is 2. The number of rotatable bonds is 1. The maximum absolute atomic E-state index is 12.8. The van der Waals surface area contributed by atoms with Gasteiger partial charge >= 0.3 is 6.18 Å². The number of alkyl halides is 3. The third-order valence-electron chi connectivity index (χ3n) is 3.35. The summed E-state index contributed by atoms with van der Waals surface area (Å²) in [7, 11) is 0. The van der Waals surface area contributed by atoms with Crippen LogP contribution in [-0.4, -0.2) is 14.8 Å². The van der Waals surface area contributed by atoms with E-state index in [9.17, 15) is 13.2 Å². The summed E-state index contributed by atoms with van der Waals surface area (Å²) in [6.45, 7) is 3.78. The quantitative estimate of drug-likeness (QED) is 0.718. The van der Waals surface area contributed by atoms with Crippen molar-refractivity contribution in [1.82, 2.24) is 14.8 Å². The molecule has 0 unspecified atom stereocenters. The van der Waals surface area contributed by atoms with E-state index in [-0.39, 0.29) is 0 Å². The zero-order valence-corrected chi connectivity index (χ0v) is 10.9. The Morgan fingerprint density at radius 3 is 2.30 bits per heavy atom. The Hall–Kier alpha value is -2.24. The third kappa shape index (κ3) is 1.88. The van der Waals surface area contributed by atoms with Crippen LogP contribution < -0.4 is 0 Å². The molecule has 1 aromatic carbocycles. The predicted octanol–water partition coefficient (Wildman–Crippen LogP) is 3.99. The lowest BCUT2D eigenvalue weighted by Crippen LogP contribution is -2.05. The van der Waals surface area contributed by atoms with E-state index >= 15 is 0 Å². The topological polar surface area (TPSA) is 33.6 Å². The summed E-state index contributed by atoms with van der Waals surface area (Å²) in [5, 5.41) is 7.38. The van der Waals surface area contributed by atoms with Gasteiger partial charge in [0.1, 0.15) is 0 Å². The number of fused-ring (bicyclic) bond motifs is 1. The van der Waals surface area contributed by atoms with Gasteiger partial charge in [-0.15, -0.1) is 0 Å². The summed E-state index contributed by atoms with van der Waals surface area (Å²) >= 11 is 0. The minimum Gasteiger partial charge on any atom is -0.301 e. The van der Waals surface area contributed by atoms with Gasteiger partial charge in [-0.1, -0.05) is 0 Å². The molecule has 3 aromatic rings. The highest BCUT2D eigenvalue weighted by atomic mass is 19.4. The lowest BCUT2D eigenvalue weighted by atomic mass is 10.1. The Labute approximate surface area is 113 Å². The molecule has 0 radical (unpaired) electrons. The van der Waals surface area contributed by atoms with Crippen molar-refractivity contribution < 1.29 is 13.2 Å². The van der Waals surface area contributed by atoms with E-state index in [2.05, 4.69) is 10.2 Å². The molecule has 0 aliphatic carbocycles. The third-order valence-corrected chi connectivity index (χ3v) is 3.35. The van der Waals surface area contributed by atoms with Gasteiger partial charge in [0.15, 0.2) is 5.82 Å². The van der Waals surface area contributed by atoms with Gasteiger partial charge in [-0.2, -0.15) is 18.3 Å². The molecule has 0 atom stereocenters. The van der Waals surface area contributed by atoms with Crippen molar-refractivity contribution in [2.75, 3.05) is 0 Å². The Balaban J connectivity index is 2.27. The minimum absolute atomic E-state index is 0.460. The molecule has 20 heavy (non-hydrogen) atoms. The molecule has 2 aromatic heterocycles. The van der Waals surface area contributed by atoms with Crippen LogP contribution in [0.3, 0.4) is 0 Å². The monoisotopic (exact) mass is 279 g/mol. The SMILES string of the molecule is Cc1ccc(C)n1-c1n[nH]c2ccc(C(F)(F)F)cc12. The number of hydrogen-bond donors (Lipinski definition) is 1. The van der Waals surface area contributed by atoms with Gasteiger partial charge in [-0.3, -0.25) is 5.10 Å². The fourth-order valence-corrected chi connectivity index (χ4v) is 2.35. The number of nitrogens with one attached hydrogen (secondary N) is 1. The lowest BCUT2D eigenvalue weighted by molar-refractivity contribution is -0.137. The average molecular weight is 279 g/mol. The van der Waals surface area contributed by atoms with Gasteiger partial charge in [-0.25, -0.2) is 0 Å². The van der Waals surface area contributed by atoms with E-state index in [1.54, 1.807) is 0 Å². The molecule has 2 heterocycles. The summed E-state index contributed by atoms with van der Waals surface area (Å²) in [5.74, 6) is 0.492. The highest BCUT2D eigenvalue weighted by molar-refractivity contribution is 5.87. The van der Waals surface area contributed by atoms with Crippen molar-refractivity contribution >= 4 is 10.9 Å². The Morgan fingerprint density at radius 2 is 1.70 bits per heavy atom. The van der Waals surface area contributed by atoms with Crippen LogP contribution in [0.5, 0.6) is 0 Å². The van der Waals surface area contributed by atoms with E-state index in [0.717, 1.165) is 23.5 Å². The van der Waals surface area contributed by atoms with E-state index in [0.29, 0.717) is 16.7 Å². The van der Waals surface area contributed by atoms with Gasteiger partial charge in [0.25, 0.3) is 0 Å². The van der Waals surface area contributed by atoms with Gasteiger partial charge in [0, 0.05) is 16.8 Å². The van der Waals surface area contributed by atoms with Crippen molar-refractivity contribution in [3.63, 3.8) is 0 Å². The second-order valence-electron chi connectivity index (χ2n) is 4.76. The summed E-state index contributed by atoms with van der Waals surface area (Å²) in [4.78, 5) is 0. The molecule has 0 spiro atoms. The summed E-state index contributed by atoms with van der Waals surface area (Å²) in [5.41, 5.74) is 1.76. The maximum Gasteiger partial charge on any atom is 0.416 e. The molecule has 104 valence electrons. The van der Waals surface area contributed by atoms with Crippen LogP contribution in [0.25, 0.3) is 16.7 Å². The van der Waals surface area contributed by atoms with E-state index in [4.69, 9.17) is 0 Å². The van der Waals surface area contributed by atoms with Crippen molar-refractivity contribution in [2.45, 2.75) is 20.0 Å². The summed E-state index contributed by atoms with van der Waals surface area (Å²) in [6, 6.07) is 7.41. The second-order valence-corrected chi connectivity index (χ2v) is 4.76. The molecule has 0 aliphatic rings. The van der Waals surface area contributed by atoms with Crippen molar-refractivity contribution in [1.29, 1.82) is 0 Å². The maximum atomic E-state index is 12.8. The lowest BCUT2D eigenvalue weighted by Gasteiger charge is -2.08. The van der Waals surface area contributed by atoms with Crippen molar-refractivity contribution in [2.24, 2.45) is 0 Å². The molecule has 0 aliphatic heterocycles. The molecule has 0 bridgehead atoms. The Kier molecular flexibility index (Phi) is 2.64. The van der Waals surface area contributed by atoms with Crippen LogP contribution in [0.4, 0.5) is 13.2 Å². The highest BCUT2D eigenvalue weighted by Crippen LogP contribution is 2.33. The van der Waals surface area contributed by atoms with Crippen LogP contribution in [0.1, 0.15) is 17.0 Å². The molecule has 6 heteroatoms. The van der Waals surface area contributed by atoms with Crippen LogP contribution in [0.15, 0.2) is 30.3 Å². The van der Waals surface area contributed by atoms with E-state index in [1.807, 2.05) is 30.5 Å². The molecule has 0 fully saturated rings. The molecule has 1 N–H and O–H groups in total. The first-order chi connectivity index (χ1) is 9.38. The Morgan fingerprint density at radius 1 is 1.05 bits per heavy atom. The van der Waals surface area contributed by atoms with Crippen LogP contribution in [-0.2, 0) is 6.18 Å². The number of hydrogen-bond acceptors (Lipinski definition) is 1. The number of aryl methyl sites for hydroxylation is 2. The molecule has 0 saturated carbocycles. The Bertz CT molecular complexity index is 761. The first-order valence-electron chi connectivity index (χ1n) is 6.08.